The van der Waals surface area contributed by atoms with Crippen molar-refractivity contribution in [2.75, 3.05) is 12.4 Å². The Morgan fingerprint density at radius 2 is 1.73 bits per heavy atom. The summed E-state index contributed by atoms with van der Waals surface area (Å²) in [4.78, 5) is 15.7. The molecule has 0 radical (unpaired) electrons. The number of amides is 1. The Hall–Kier alpha value is -2.87. The molecule has 0 aliphatic heterocycles. The number of hydrogen-bond donors (Lipinski definition) is 1. The van der Waals surface area contributed by atoms with Crippen molar-refractivity contribution in [1.82, 2.24) is 4.98 Å². The van der Waals surface area contributed by atoms with Gasteiger partial charge in [-0.2, -0.15) is 13.2 Å². The molecule has 0 aliphatic carbocycles. The van der Waals surface area contributed by atoms with Crippen molar-refractivity contribution >= 4 is 22.9 Å². The van der Waals surface area contributed by atoms with Crippen LogP contribution in [0.3, 0.4) is 0 Å². The minimum absolute atomic E-state index is 0.128. The standard InChI is InChI=1S/C18H13F3N2O2S/c1-25-13-10-6-5-9-12(13)22-16(24)14-15(18(19,20)21)23-17(26-14)11-7-3-2-4-8-11/h2-10H,1H3,(H,22,24). The number of ether oxygens (including phenoxy) is 1. The fourth-order valence-electron chi connectivity index (χ4n) is 2.30. The Morgan fingerprint density at radius 3 is 2.38 bits per heavy atom. The van der Waals surface area contributed by atoms with E-state index in [2.05, 4.69) is 10.3 Å². The van der Waals surface area contributed by atoms with E-state index in [1.807, 2.05) is 0 Å². The van der Waals surface area contributed by atoms with Gasteiger partial charge in [-0.1, -0.05) is 42.5 Å². The summed E-state index contributed by atoms with van der Waals surface area (Å²) >= 11 is 0.696. The molecule has 2 aromatic carbocycles. The average Bonchev–Trinajstić information content (AvgIpc) is 3.09. The lowest BCUT2D eigenvalue weighted by molar-refractivity contribution is -0.140. The Bertz CT molecular complexity index is 924. The van der Waals surface area contributed by atoms with Crippen LogP contribution in [-0.4, -0.2) is 18.0 Å². The van der Waals surface area contributed by atoms with E-state index in [4.69, 9.17) is 4.74 Å². The predicted octanol–water partition coefficient (Wildman–Crippen LogP) is 5.09. The average molecular weight is 378 g/mol. The maximum Gasteiger partial charge on any atom is 0.435 e. The molecule has 0 fully saturated rings. The van der Waals surface area contributed by atoms with Crippen molar-refractivity contribution in [1.29, 1.82) is 0 Å². The van der Waals surface area contributed by atoms with Crippen LogP contribution in [0.25, 0.3) is 10.6 Å². The highest BCUT2D eigenvalue weighted by Crippen LogP contribution is 2.38. The van der Waals surface area contributed by atoms with E-state index in [9.17, 15) is 18.0 Å². The largest absolute Gasteiger partial charge is 0.495 e. The zero-order valence-electron chi connectivity index (χ0n) is 13.5. The van der Waals surface area contributed by atoms with Crippen LogP contribution in [0, 0.1) is 0 Å². The minimum Gasteiger partial charge on any atom is -0.495 e. The summed E-state index contributed by atoms with van der Waals surface area (Å²) in [6.45, 7) is 0. The first kappa shape index (κ1) is 17.9. The first-order chi connectivity index (χ1) is 12.4. The van der Waals surface area contributed by atoms with Gasteiger partial charge in [0, 0.05) is 5.56 Å². The van der Waals surface area contributed by atoms with E-state index in [-0.39, 0.29) is 10.7 Å². The van der Waals surface area contributed by atoms with E-state index >= 15 is 0 Å². The molecule has 0 saturated carbocycles. The summed E-state index contributed by atoms with van der Waals surface area (Å²) < 4.78 is 45.2. The van der Waals surface area contributed by atoms with Crippen LogP contribution in [0.1, 0.15) is 15.4 Å². The molecule has 134 valence electrons. The molecule has 0 bridgehead atoms. The number of hydrogen-bond acceptors (Lipinski definition) is 4. The van der Waals surface area contributed by atoms with E-state index in [1.165, 1.54) is 7.11 Å². The molecule has 0 saturated heterocycles. The lowest BCUT2D eigenvalue weighted by atomic mass is 10.2. The monoisotopic (exact) mass is 378 g/mol. The quantitative estimate of drug-likeness (QED) is 0.688. The number of carbonyl (C=O) groups is 1. The number of benzene rings is 2. The molecule has 3 rings (SSSR count). The van der Waals surface area contributed by atoms with Crippen LogP contribution in [0.5, 0.6) is 5.75 Å². The van der Waals surface area contributed by atoms with Crippen molar-refractivity contribution in [2.24, 2.45) is 0 Å². The highest BCUT2D eigenvalue weighted by Gasteiger charge is 2.39. The molecule has 3 aromatic rings. The number of thiazole rings is 1. The zero-order valence-corrected chi connectivity index (χ0v) is 14.3. The Kier molecular flexibility index (Phi) is 4.94. The highest BCUT2D eigenvalue weighted by atomic mass is 32.1. The summed E-state index contributed by atoms with van der Waals surface area (Å²) in [5.74, 6) is -0.538. The van der Waals surface area contributed by atoms with Crippen LogP contribution in [0.15, 0.2) is 54.6 Å². The molecule has 1 aromatic heterocycles. The highest BCUT2D eigenvalue weighted by molar-refractivity contribution is 7.17. The van der Waals surface area contributed by atoms with Gasteiger partial charge >= 0.3 is 6.18 Å². The van der Waals surface area contributed by atoms with Crippen LogP contribution in [0.4, 0.5) is 18.9 Å². The number of alkyl halides is 3. The minimum atomic E-state index is -4.74. The summed E-state index contributed by atoms with van der Waals surface area (Å²) in [5.41, 5.74) is -0.407. The first-order valence-corrected chi connectivity index (χ1v) is 8.29. The van der Waals surface area contributed by atoms with E-state index in [1.54, 1.807) is 54.6 Å². The summed E-state index contributed by atoms with van der Waals surface area (Å²) in [5, 5.41) is 2.59. The number of para-hydroxylation sites is 2. The zero-order chi connectivity index (χ0) is 18.7. The molecule has 0 aliphatic rings. The number of halogens is 3. The summed E-state index contributed by atoms with van der Waals surface area (Å²) in [6.07, 6.45) is -4.74. The van der Waals surface area contributed by atoms with Crippen molar-refractivity contribution in [2.45, 2.75) is 6.18 Å². The molecule has 0 unspecified atom stereocenters. The maximum absolute atomic E-state index is 13.4. The maximum atomic E-state index is 13.4. The normalized spacial score (nSPS) is 11.2. The molecule has 0 atom stereocenters. The summed E-state index contributed by atoms with van der Waals surface area (Å²) in [7, 11) is 1.41. The fourth-order valence-corrected chi connectivity index (χ4v) is 3.28. The van der Waals surface area contributed by atoms with Gasteiger partial charge in [-0.15, -0.1) is 11.3 Å². The van der Waals surface area contributed by atoms with Gasteiger partial charge in [0.05, 0.1) is 12.8 Å². The molecule has 8 heteroatoms. The molecule has 4 nitrogen and oxygen atoms in total. The van der Waals surface area contributed by atoms with Crippen LogP contribution >= 0.6 is 11.3 Å². The Labute approximate surface area is 151 Å². The first-order valence-electron chi connectivity index (χ1n) is 7.48. The van der Waals surface area contributed by atoms with E-state index in [0.29, 0.717) is 22.6 Å². The molecule has 0 spiro atoms. The molecule has 26 heavy (non-hydrogen) atoms. The van der Waals surface area contributed by atoms with Gasteiger partial charge in [-0.05, 0) is 12.1 Å². The van der Waals surface area contributed by atoms with Gasteiger partial charge < -0.3 is 10.1 Å². The van der Waals surface area contributed by atoms with Crippen molar-refractivity contribution in [3.8, 4) is 16.3 Å². The number of rotatable bonds is 4. The summed E-state index contributed by atoms with van der Waals surface area (Å²) in [6, 6.07) is 14.9. The second-order valence-electron chi connectivity index (χ2n) is 5.21. The molecule has 1 N–H and O–H groups in total. The van der Waals surface area contributed by atoms with Crippen molar-refractivity contribution in [3.63, 3.8) is 0 Å². The SMILES string of the molecule is COc1ccccc1NC(=O)c1sc(-c2ccccc2)nc1C(F)(F)F. The van der Waals surface area contributed by atoms with Gasteiger partial charge in [0.25, 0.3) is 5.91 Å². The van der Waals surface area contributed by atoms with Crippen LogP contribution in [-0.2, 0) is 6.18 Å². The molecular formula is C18H13F3N2O2S. The Balaban J connectivity index is 2.00. The lowest BCUT2D eigenvalue weighted by Gasteiger charge is -2.10. The van der Waals surface area contributed by atoms with Gasteiger partial charge in [0.2, 0.25) is 0 Å². The number of nitrogens with one attached hydrogen (secondary N) is 1. The lowest BCUT2D eigenvalue weighted by Crippen LogP contribution is -2.17. The third-order valence-corrected chi connectivity index (χ3v) is 4.58. The number of anilines is 1. The molecule has 1 amide bonds. The smallest absolute Gasteiger partial charge is 0.435 e. The van der Waals surface area contributed by atoms with Gasteiger partial charge in [-0.25, -0.2) is 4.98 Å². The van der Waals surface area contributed by atoms with Crippen molar-refractivity contribution in [3.05, 3.63) is 65.2 Å². The molecule has 1 heterocycles. The topological polar surface area (TPSA) is 51.2 Å². The number of aromatic nitrogens is 1. The van der Waals surface area contributed by atoms with E-state index in [0.717, 1.165) is 0 Å². The number of methoxy groups -OCH3 is 1. The fraction of sp³-hybridized carbons (Fsp3) is 0.111. The third-order valence-electron chi connectivity index (χ3n) is 3.48. The third kappa shape index (κ3) is 3.70. The van der Waals surface area contributed by atoms with Crippen molar-refractivity contribution < 1.29 is 22.7 Å². The molecular weight excluding hydrogens is 365 g/mol. The second kappa shape index (κ2) is 7.17. The van der Waals surface area contributed by atoms with Gasteiger partial charge in [0.15, 0.2) is 5.69 Å². The van der Waals surface area contributed by atoms with Gasteiger partial charge in [-0.3, -0.25) is 4.79 Å². The van der Waals surface area contributed by atoms with Crippen LogP contribution in [0.2, 0.25) is 0 Å². The van der Waals surface area contributed by atoms with Crippen LogP contribution < -0.4 is 10.1 Å². The predicted molar refractivity (Wildman–Crippen MR) is 93.5 cm³/mol. The Morgan fingerprint density at radius 1 is 1.08 bits per heavy atom. The second-order valence-corrected chi connectivity index (χ2v) is 6.21. The number of carbonyl (C=O) groups excluding carboxylic acids is 1. The van der Waals surface area contributed by atoms with E-state index < -0.39 is 22.7 Å². The van der Waals surface area contributed by atoms with Gasteiger partial charge in [0.1, 0.15) is 15.6 Å². The number of nitrogens with zero attached hydrogens (tertiary/aromatic N) is 1.